The molecule has 2 heterocycles. The number of rotatable bonds is 7. The third-order valence-corrected chi connectivity index (χ3v) is 5.09. The van der Waals surface area contributed by atoms with Gasteiger partial charge < -0.3 is 9.80 Å². The zero-order valence-corrected chi connectivity index (χ0v) is 16.9. The van der Waals surface area contributed by atoms with Crippen LogP contribution in [0.4, 0.5) is 0 Å². The maximum Gasteiger partial charge on any atom is 0.242 e. The van der Waals surface area contributed by atoms with Crippen molar-refractivity contribution in [2.45, 2.75) is 13.5 Å². The van der Waals surface area contributed by atoms with Gasteiger partial charge in [0, 0.05) is 58.6 Å². The van der Waals surface area contributed by atoms with Crippen LogP contribution in [0.15, 0.2) is 60.9 Å². The van der Waals surface area contributed by atoms with Gasteiger partial charge in [0.05, 0.1) is 0 Å². The minimum Gasteiger partial charge on any atom is -0.339 e. The van der Waals surface area contributed by atoms with Crippen molar-refractivity contribution >= 4 is 17.9 Å². The van der Waals surface area contributed by atoms with Crippen molar-refractivity contribution in [3.05, 3.63) is 72.1 Å². The van der Waals surface area contributed by atoms with E-state index in [4.69, 9.17) is 0 Å². The lowest BCUT2D eigenvalue weighted by molar-refractivity contribution is -0.140. The molecule has 6 nitrogen and oxygen atoms in total. The summed E-state index contributed by atoms with van der Waals surface area (Å²) in [4.78, 5) is 34.5. The third-order valence-electron chi connectivity index (χ3n) is 5.09. The number of piperazine rings is 1. The van der Waals surface area contributed by atoms with Crippen LogP contribution >= 0.6 is 0 Å². The van der Waals surface area contributed by atoms with Crippen LogP contribution in [0.3, 0.4) is 0 Å². The molecule has 3 rings (SSSR count). The number of aromatic nitrogens is 1. The van der Waals surface area contributed by atoms with Gasteiger partial charge in [-0.15, -0.1) is 0 Å². The zero-order valence-electron chi connectivity index (χ0n) is 16.9. The Balaban J connectivity index is 1.45. The van der Waals surface area contributed by atoms with Crippen molar-refractivity contribution in [2.24, 2.45) is 0 Å². The molecule has 29 heavy (non-hydrogen) atoms. The van der Waals surface area contributed by atoms with E-state index in [9.17, 15) is 9.59 Å². The van der Waals surface area contributed by atoms with E-state index in [0.717, 1.165) is 25.2 Å². The Labute approximate surface area is 172 Å². The average molecular weight is 393 g/mol. The lowest BCUT2D eigenvalue weighted by Gasteiger charge is -2.35. The number of hydrogen-bond donors (Lipinski definition) is 0. The van der Waals surface area contributed by atoms with Gasteiger partial charge in [0.2, 0.25) is 11.8 Å². The number of benzene rings is 1. The highest BCUT2D eigenvalue weighted by Gasteiger charge is 2.23. The van der Waals surface area contributed by atoms with Gasteiger partial charge in [0.25, 0.3) is 0 Å². The van der Waals surface area contributed by atoms with Crippen LogP contribution in [0.5, 0.6) is 0 Å². The minimum atomic E-state index is -0.0974. The van der Waals surface area contributed by atoms with E-state index in [2.05, 4.69) is 34.2 Å². The fourth-order valence-electron chi connectivity index (χ4n) is 3.33. The normalized spacial score (nSPS) is 14.9. The summed E-state index contributed by atoms with van der Waals surface area (Å²) in [6, 6.07) is 14.0. The van der Waals surface area contributed by atoms with Crippen molar-refractivity contribution in [2.75, 3.05) is 39.3 Å². The van der Waals surface area contributed by atoms with E-state index in [0.29, 0.717) is 19.6 Å². The highest BCUT2D eigenvalue weighted by atomic mass is 16.2. The van der Waals surface area contributed by atoms with Gasteiger partial charge in [-0.2, -0.15) is 0 Å². The summed E-state index contributed by atoms with van der Waals surface area (Å²) in [5.41, 5.74) is 2.16. The zero-order chi connectivity index (χ0) is 20.5. The molecule has 0 N–H and O–H groups in total. The standard InChI is InChI=1S/C23H28N4O2/c1-20(28)27(18-22-9-11-24-12-10-22)19-23(29)26-16-14-25(15-17-26)13-5-8-21-6-3-2-4-7-21/h2-12H,13-19H2,1H3/b8-5+. The van der Waals surface area contributed by atoms with E-state index in [-0.39, 0.29) is 18.4 Å². The molecule has 152 valence electrons. The molecule has 1 aliphatic rings. The first-order valence-electron chi connectivity index (χ1n) is 9.98. The molecule has 0 unspecified atom stereocenters. The Morgan fingerprint density at radius 1 is 1.03 bits per heavy atom. The molecule has 2 amide bonds. The molecule has 0 bridgehead atoms. The van der Waals surface area contributed by atoms with Gasteiger partial charge in [-0.1, -0.05) is 42.5 Å². The van der Waals surface area contributed by atoms with E-state index in [1.165, 1.54) is 12.5 Å². The summed E-state index contributed by atoms with van der Waals surface area (Å²) in [5, 5.41) is 0. The molecule has 1 aromatic heterocycles. The van der Waals surface area contributed by atoms with Crippen LogP contribution in [0.2, 0.25) is 0 Å². The average Bonchev–Trinajstić information content (AvgIpc) is 2.75. The van der Waals surface area contributed by atoms with Crippen LogP contribution in [-0.4, -0.2) is 70.8 Å². The topological polar surface area (TPSA) is 56.8 Å². The SMILES string of the molecule is CC(=O)N(CC(=O)N1CCN(C/C=C/c2ccccc2)CC1)Cc1ccncc1. The molecule has 0 saturated carbocycles. The Bertz CT molecular complexity index is 815. The summed E-state index contributed by atoms with van der Waals surface area (Å²) < 4.78 is 0. The fourth-order valence-corrected chi connectivity index (χ4v) is 3.33. The van der Waals surface area contributed by atoms with Gasteiger partial charge in [0.1, 0.15) is 6.54 Å². The highest BCUT2D eigenvalue weighted by molar-refractivity contribution is 5.84. The highest BCUT2D eigenvalue weighted by Crippen LogP contribution is 2.08. The molecule has 0 radical (unpaired) electrons. The number of amides is 2. The second kappa shape index (κ2) is 10.5. The van der Waals surface area contributed by atoms with E-state index in [1.54, 1.807) is 17.3 Å². The molecule has 1 fully saturated rings. The van der Waals surface area contributed by atoms with Crippen molar-refractivity contribution in [3.8, 4) is 0 Å². The molecular formula is C23H28N4O2. The lowest BCUT2D eigenvalue weighted by atomic mass is 10.2. The van der Waals surface area contributed by atoms with Crippen LogP contribution in [0.25, 0.3) is 6.08 Å². The molecule has 0 aliphatic carbocycles. The molecule has 6 heteroatoms. The third kappa shape index (κ3) is 6.54. The van der Waals surface area contributed by atoms with E-state index < -0.39 is 0 Å². The quantitative estimate of drug-likeness (QED) is 0.726. The predicted molar refractivity (Wildman–Crippen MR) is 114 cm³/mol. The first-order valence-corrected chi connectivity index (χ1v) is 9.98. The Hall–Kier alpha value is -2.99. The Morgan fingerprint density at radius 3 is 2.38 bits per heavy atom. The summed E-state index contributed by atoms with van der Waals surface area (Å²) >= 11 is 0. The minimum absolute atomic E-state index is 0.00809. The van der Waals surface area contributed by atoms with Gasteiger partial charge >= 0.3 is 0 Å². The maximum atomic E-state index is 12.7. The van der Waals surface area contributed by atoms with Gasteiger partial charge in [0.15, 0.2) is 0 Å². The van der Waals surface area contributed by atoms with Gasteiger partial charge in [-0.25, -0.2) is 0 Å². The second-order valence-corrected chi connectivity index (χ2v) is 7.22. The van der Waals surface area contributed by atoms with E-state index in [1.807, 2.05) is 35.2 Å². The van der Waals surface area contributed by atoms with Crippen LogP contribution in [0, 0.1) is 0 Å². The molecule has 1 saturated heterocycles. The van der Waals surface area contributed by atoms with Crippen molar-refractivity contribution in [1.29, 1.82) is 0 Å². The number of pyridine rings is 1. The molecule has 1 aromatic carbocycles. The van der Waals surface area contributed by atoms with Crippen LogP contribution in [0.1, 0.15) is 18.1 Å². The van der Waals surface area contributed by atoms with Crippen molar-refractivity contribution in [3.63, 3.8) is 0 Å². The summed E-state index contributed by atoms with van der Waals surface area (Å²) in [7, 11) is 0. The molecule has 2 aromatic rings. The fraction of sp³-hybridized carbons (Fsp3) is 0.348. The van der Waals surface area contributed by atoms with Crippen molar-refractivity contribution in [1.82, 2.24) is 19.7 Å². The summed E-state index contributed by atoms with van der Waals surface area (Å²) in [5.74, 6) is -0.0893. The number of nitrogens with zero attached hydrogens (tertiary/aromatic N) is 4. The van der Waals surface area contributed by atoms with Gasteiger partial charge in [-0.3, -0.25) is 19.5 Å². The smallest absolute Gasteiger partial charge is 0.242 e. The van der Waals surface area contributed by atoms with Crippen LogP contribution < -0.4 is 0 Å². The monoisotopic (exact) mass is 392 g/mol. The number of carbonyl (C=O) groups is 2. The number of carbonyl (C=O) groups excluding carboxylic acids is 2. The first-order chi connectivity index (χ1) is 14.1. The second-order valence-electron chi connectivity index (χ2n) is 7.22. The van der Waals surface area contributed by atoms with Crippen LogP contribution in [-0.2, 0) is 16.1 Å². The number of hydrogen-bond acceptors (Lipinski definition) is 4. The lowest BCUT2D eigenvalue weighted by Crippen LogP contribution is -2.51. The largest absolute Gasteiger partial charge is 0.339 e. The summed E-state index contributed by atoms with van der Waals surface area (Å²) in [6.07, 6.45) is 7.68. The molecular weight excluding hydrogens is 364 g/mol. The predicted octanol–water partition coefficient (Wildman–Crippen LogP) is 2.29. The van der Waals surface area contributed by atoms with Gasteiger partial charge in [-0.05, 0) is 23.3 Å². The summed E-state index contributed by atoms with van der Waals surface area (Å²) in [6.45, 7) is 5.99. The molecule has 0 spiro atoms. The molecule has 1 aliphatic heterocycles. The Kier molecular flexibility index (Phi) is 7.53. The maximum absolute atomic E-state index is 12.7. The first kappa shape index (κ1) is 20.7. The molecule has 0 atom stereocenters. The van der Waals surface area contributed by atoms with E-state index >= 15 is 0 Å². The van der Waals surface area contributed by atoms with Crippen molar-refractivity contribution < 1.29 is 9.59 Å². The Morgan fingerprint density at radius 2 is 1.72 bits per heavy atom.